The van der Waals surface area contributed by atoms with Crippen LogP contribution in [0.2, 0.25) is 0 Å². The Morgan fingerprint density at radius 2 is 1.09 bits per heavy atom. The first-order valence-corrected chi connectivity index (χ1v) is 13.9. The third-order valence-corrected chi connectivity index (χ3v) is 7.90. The molecule has 2 bridgehead atoms. The second kappa shape index (κ2) is 14.4. The van der Waals surface area contributed by atoms with Gasteiger partial charge in [0.1, 0.15) is 18.3 Å². The summed E-state index contributed by atoms with van der Waals surface area (Å²) >= 11 is 0. The molecule has 2 heterocycles. The number of aliphatic hydroxyl groups excluding tert-OH is 1. The van der Waals surface area contributed by atoms with E-state index in [4.69, 9.17) is 37.9 Å². The summed E-state index contributed by atoms with van der Waals surface area (Å²) in [5.41, 5.74) is 1.28. The summed E-state index contributed by atoms with van der Waals surface area (Å²) < 4.78 is 43.6. The smallest absolute Gasteiger partial charge is 0.331 e. The Kier molecular flexibility index (Phi) is 10.6. The fourth-order valence-corrected chi connectivity index (χ4v) is 5.75. The number of carbonyl (C=O) groups excluding carboxylic acids is 2. The molecule has 2 aliphatic rings. The molecule has 0 radical (unpaired) electrons. The van der Waals surface area contributed by atoms with Gasteiger partial charge in [-0.1, -0.05) is 0 Å². The molecule has 2 aliphatic heterocycles. The lowest BCUT2D eigenvalue weighted by atomic mass is 10.00. The van der Waals surface area contributed by atoms with Crippen LogP contribution in [0.4, 0.5) is 0 Å². The van der Waals surface area contributed by atoms with Crippen LogP contribution in [0.3, 0.4) is 0 Å². The average molecular weight is 614 g/mol. The number of likely N-dealkylation sites (N-methyl/N-ethyl adjacent to an activating group) is 1. The predicted molar refractivity (Wildman–Crippen MR) is 161 cm³/mol. The summed E-state index contributed by atoms with van der Waals surface area (Å²) in [6, 6.07) is 6.15. The zero-order valence-electron chi connectivity index (χ0n) is 25.9. The first-order valence-electron chi connectivity index (χ1n) is 13.9. The van der Waals surface area contributed by atoms with Crippen molar-refractivity contribution in [3.8, 4) is 34.5 Å². The SMILES string of the molecule is COc1cc(/C=C/C(=O)O[C@@H]2C[C@@H]3[C@@H](OC(=O)/C=C/c4cc(OC)c(OC)c(OC)c4)[C@@H](O)[C@H](C2)N3C)cc(OC)c1OC. The van der Waals surface area contributed by atoms with E-state index in [0.29, 0.717) is 58.5 Å². The van der Waals surface area contributed by atoms with E-state index in [-0.39, 0.29) is 12.1 Å². The molecule has 2 saturated heterocycles. The first-order chi connectivity index (χ1) is 21.2. The van der Waals surface area contributed by atoms with E-state index in [9.17, 15) is 14.7 Å². The molecule has 12 nitrogen and oxygen atoms in total. The number of rotatable bonds is 12. The summed E-state index contributed by atoms with van der Waals surface area (Å²) in [6.45, 7) is 0. The molecule has 0 saturated carbocycles. The van der Waals surface area contributed by atoms with Crippen LogP contribution in [0.25, 0.3) is 12.2 Å². The van der Waals surface area contributed by atoms with Crippen LogP contribution in [0, 0.1) is 0 Å². The van der Waals surface area contributed by atoms with Gasteiger partial charge in [-0.3, -0.25) is 4.90 Å². The van der Waals surface area contributed by atoms with Crippen LogP contribution >= 0.6 is 0 Å². The Hall–Kier alpha value is -4.42. The van der Waals surface area contributed by atoms with Crippen molar-refractivity contribution in [2.75, 3.05) is 49.7 Å². The summed E-state index contributed by atoms with van der Waals surface area (Å²) in [5.74, 6) is 1.53. The van der Waals surface area contributed by atoms with E-state index in [1.165, 1.54) is 54.8 Å². The van der Waals surface area contributed by atoms with Crippen molar-refractivity contribution in [2.45, 2.75) is 43.2 Å². The molecule has 0 spiro atoms. The van der Waals surface area contributed by atoms with Gasteiger partial charge in [0.15, 0.2) is 23.0 Å². The molecular weight excluding hydrogens is 574 g/mol. The van der Waals surface area contributed by atoms with Gasteiger partial charge >= 0.3 is 11.9 Å². The molecular formula is C32H39NO11. The molecule has 12 heteroatoms. The molecule has 0 aliphatic carbocycles. The van der Waals surface area contributed by atoms with Crippen molar-refractivity contribution in [2.24, 2.45) is 0 Å². The Morgan fingerprint density at radius 3 is 1.50 bits per heavy atom. The maximum absolute atomic E-state index is 12.8. The molecule has 2 aromatic rings. The molecule has 0 unspecified atom stereocenters. The normalized spacial score (nSPS) is 23.0. The number of nitrogens with zero attached hydrogens (tertiary/aromatic N) is 1. The highest BCUT2D eigenvalue weighted by Crippen LogP contribution is 2.40. The number of carbonyl (C=O) groups is 2. The monoisotopic (exact) mass is 613 g/mol. The topological polar surface area (TPSA) is 131 Å². The van der Waals surface area contributed by atoms with Crippen molar-refractivity contribution >= 4 is 24.1 Å². The Morgan fingerprint density at radius 1 is 0.682 bits per heavy atom. The van der Waals surface area contributed by atoms with Crippen molar-refractivity contribution in [3.05, 3.63) is 47.5 Å². The quantitative estimate of drug-likeness (QED) is 0.279. The summed E-state index contributed by atoms with van der Waals surface area (Å²) in [5, 5.41) is 11.0. The standard InChI is InChI=1S/C32H39NO11/c1-33-21-16-20(43-27(34)10-8-18-12-23(37-2)31(41-6)24(13-18)38-3)17-22(33)30(29(21)36)44-28(35)11-9-19-14-25(39-4)32(42-7)26(15-19)40-5/h8-15,20-22,29-30,36H,16-17H2,1-7H3/b10-8+,11-9+/t20-,21-,22+,29-,30+/m0/s1. The van der Waals surface area contributed by atoms with Crippen molar-refractivity contribution < 1.29 is 52.6 Å². The summed E-state index contributed by atoms with van der Waals surface area (Å²) in [7, 11) is 10.9. The van der Waals surface area contributed by atoms with Gasteiger partial charge in [-0.05, 0) is 54.6 Å². The molecule has 4 rings (SSSR count). The van der Waals surface area contributed by atoms with Crippen LogP contribution in [0.5, 0.6) is 34.5 Å². The van der Waals surface area contributed by atoms with Crippen molar-refractivity contribution in [1.29, 1.82) is 0 Å². The second-order valence-electron chi connectivity index (χ2n) is 10.3. The van der Waals surface area contributed by atoms with Crippen LogP contribution in [-0.4, -0.2) is 102 Å². The third-order valence-electron chi connectivity index (χ3n) is 7.90. The lowest BCUT2D eigenvalue weighted by Gasteiger charge is -2.35. The molecule has 2 aromatic carbocycles. The van der Waals surface area contributed by atoms with E-state index in [2.05, 4.69) is 0 Å². The highest BCUT2D eigenvalue weighted by molar-refractivity contribution is 5.88. The van der Waals surface area contributed by atoms with Crippen molar-refractivity contribution in [3.63, 3.8) is 0 Å². The zero-order chi connectivity index (χ0) is 32.0. The highest BCUT2D eigenvalue weighted by atomic mass is 16.6. The number of piperidine rings is 1. The van der Waals surface area contributed by atoms with Crippen LogP contribution < -0.4 is 28.4 Å². The van der Waals surface area contributed by atoms with Crippen LogP contribution in [0.1, 0.15) is 24.0 Å². The lowest BCUT2D eigenvalue weighted by molar-refractivity contribution is -0.151. The third kappa shape index (κ3) is 6.87. The molecule has 0 aromatic heterocycles. The zero-order valence-corrected chi connectivity index (χ0v) is 25.9. The second-order valence-corrected chi connectivity index (χ2v) is 10.3. The van der Waals surface area contributed by atoms with E-state index in [1.54, 1.807) is 36.4 Å². The molecule has 238 valence electrons. The van der Waals surface area contributed by atoms with E-state index in [0.717, 1.165) is 0 Å². The van der Waals surface area contributed by atoms with Gasteiger partial charge in [0.2, 0.25) is 11.5 Å². The number of hydrogen-bond donors (Lipinski definition) is 1. The molecule has 5 atom stereocenters. The number of fused-ring (bicyclic) bond motifs is 2. The number of ether oxygens (including phenoxy) is 8. The highest BCUT2D eigenvalue weighted by Gasteiger charge is 2.53. The van der Waals surface area contributed by atoms with Gasteiger partial charge in [0.25, 0.3) is 0 Å². The Balaban J connectivity index is 1.39. The minimum absolute atomic E-state index is 0.334. The molecule has 0 amide bonds. The number of esters is 2. The first kappa shape index (κ1) is 32.5. The van der Waals surface area contributed by atoms with E-state index in [1.807, 2.05) is 11.9 Å². The lowest BCUT2D eigenvalue weighted by Crippen LogP contribution is -2.46. The number of benzene rings is 2. The predicted octanol–water partition coefficient (Wildman–Crippen LogP) is 3.13. The summed E-state index contributed by atoms with van der Waals surface area (Å²) in [4.78, 5) is 27.5. The fourth-order valence-electron chi connectivity index (χ4n) is 5.75. The minimum Gasteiger partial charge on any atom is -0.493 e. The minimum atomic E-state index is -0.943. The van der Waals surface area contributed by atoms with Crippen LogP contribution in [0.15, 0.2) is 36.4 Å². The number of methoxy groups -OCH3 is 6. The van der Waals surface area contributed by atoms with Gasteiger partial charge < -0.3 is 43.0 Å². The number of hydrogen-bond acceptors (Lipinski definition) is 12. The van der Waals surface area contributed by atoms with Crippen molar-refractivity contribution in [1.82, 2.24) is 4.90 Å². The van der Waals surface area contributed by atoms with E-state index < -0.39 is 30.3 Å². The van der Waals surface area contributed by atoms with E-state index >= 15 is 0 Å². The largest absolute Gasteiger partial charge is 0.493 e. The maximum atomic E-state index is 12.8. The molecule has 2 fully saturated rings. The van der Waals surface area contributed by atoms with Gasteiger partial charge in [-0.25, -0.2) is 9.59 Å². The van der Waals surface area contributed by atoms with Crippen LogP contribution in [-0.2, 0) is 19.1 Å². The Labute approximate surface area is 256 Å². The van der Waals surface area contributed by atoms with Gasteiger partial charge in [-0.15, -0.1) is 0 Å². The average Bonchev–Trinajstić information content (AvgIpc) is 3.15. The van der Waals surface area contributed by atoms with Gasteiger partial charge in [0, 0.05) is 31.0 Å². The number of aliphatic hydroxyl groups is 1. The molecule has 1 N–H and O–H groups in total. The summed E-state index contributed by atoms with van der Waals surface area (Å²) in [6.07, 6.45) is 4.35. The Bertz CT molecular complexity index is 1350. The molecule has 44 heavy (non-hydrogen) atoms. The van der Waals surface area contributed by atoms with Gasteiger partial charge in [-0.2, -0.15) is 0 Å². The van der Waals surface area contributed by atoms with Gasteiger partial charge in [0.05, 0.1) is 48.7 Å². The fraction of sp³-hybridized carbons (Fsp3) is 0.438. The maximum Gasteiger partial charge on any atom is 0.331 e.